The van der Waals surface area contributed by atoms with Gasteiger partial charge in [0.25, 0.3) is 0 Å². The molecule has 0 unspecified atom stereocenters. The molecule has 5 nitrogen and oxygen atoms in total. The quantitative estimate of drug-likeness (QED) is 0.428. The van der Waals surface area contributed by atoms with E-state index in [2.05, 4.69) is 34.7 Å². The number of methoxy groups -OCH3 is 1. The van der Waals surface area contributed by atoms with Crippen molar-refractivity contribution in [2.75, 3.05) is 7.11 Å². The number of benzene rings is 3. The maximum atomic E-state index is 12.2. The van der Waals surface area contributed by atoms with Gasteiger partial charge in [-0.2, -0.15) is 0 Å². The second-order valence-corrected chi connectivity index (χ2v) is 7.25. The third-order valence-electron chi connectivity index (χ3n) is 5.10. The summed E-state index contributed by atoms with van der Waals surface area (Å²) in [7, 11) is 1.64. The summed E-state index contributed by atoms with van der Waals surface area (Å²) in [4.78, 5) is 12.2. The van der Waals surface area contributed by atoms with Gasteiger partial charge in [0.15, 0.2) is 5.76 Å². The van der Waals surface area contributed by atoms with Crippen LogP contribution in [0.15, 0.2) is 89.5 Å². The van der Waals surface area contributed by atoms with Gasteiger partial charge in [-0.05, 0) is 35.2 Å². The average molecular weight is 412 g/mol. The van der Waals surface area contributed by atoms with Gasteiger partial charge < -0.3 is 14.6 Å². The van der Waals surface area contributed by atoms with Crippen LogP contribution >= 0.6 is 0 Å². The van der Waals surface area contributed by atoms with Crippen LogP contribution in [0, 0.1) is 0 Å². The van der Waals surface area contributed by atoms with E-state index in [9.17, 15) is 4.79 Å². The number of hydrogen-bond acceptors (Lipinski definition) is 4. The van der Waals surface area contributed by atoms with Gasteiger partial charge >= 0.3 is 0 Å². The highest BCUT2D eigenvalue weighted by molar-refractivity contribution is 5.76. The zero-order chi connectivity index (χ0) is 21.5. The second kappa shape index (κ2) is 9.76. The van der Waals surface area contributed by atoms with Crippen LogP contribution in [0.25, 0.3) is 22.5 Å². The molecule has 0 aliphatic carbocycles. The van der Waals surface area contributed by atoms with Crippen LogP contribution in [0.2, 0.25) is 0 Å². The number of nitrogens with zero attached hydrogens (tertiary/aromatic N) is 1. The van der Waals surface area contributed by atoms with Gasteiger partial charge in [0.05, 0.1) is 13.7 Å². The Balaban J connectivity index is 1.29. The number of aryl methyl sites for hydroxylation is 1. The van der Waals surface area contributed by atoms with Crippen LogP contribution in [-0.4, -0.2) is 18.2 Å². The van der Waals surface area contributed by atoms with E-state index in [0.29, 0.717) is 30.8 Å². The molecule has 4 rings (SSSR count). The number of nitrogens with one attached hydrogen (secondary N) is 1. The third-order valence-corrected chi connectivity index (χ3v) is 5.10. The van der Waals surface area contributed by atoms with Gasteiger partial charge in [0.2, 0.25) is 5.91 Å². The average Bonchev–Trinajstić information content (AvgIpc) is 3.31. The lowest BCUT2D eigenvalue weighted by atomic mass is 10.0. The lowest BCUT2D eigenvalue weighted by Crippen LogP contribution is -2.23. The number of ether oxygens (including phenoxy) is 1. The van der Waals surface area contributed by atoms with E-state index in [1.165, 1.54) is 5.56 Å². The molecule has 31 heavy (non-hydrogen) atoms. The summed E-state index contributed by atoms with van der Waals surface area (Å²) in [6, 6.07) is 28.0. The summed E-state index contributed by atoms with van der Waals surface area (Å²) in [6.07, 6.45) is 1.09. The first-order valence-corrected chi connectivity index (χ1v) is 10.2. The van der Waals surface area contributed by atoms with Crippen LogP contribution in [0.3, 0.4) is 0 Å². The molecule has 0 atom stereocenters. The summed E-state index contributed by atoms with van der Waals surface area (Å²) in [5.41, 5.74) is 5.06. The Morgan fingerprint density at radius 1 is 0.903 bits per heavy atom. The third kappa shape index (κ3) is 5.39. The summed E-state index contributed by atoms with van der Waals surface area (Å²) in [6.45, 7) is 0.340. The van der Waals surface area contributed by atoms with Crippen molar-refractivity contribution in [2.24, 2.45) is 0 Å². The Hall–Kier alpha value is -3.86. The highest BCUT2D eigenvalue weighted by Gasteiger charge is 2.09. The first kappa shape index (κ1) is 20.4. The fourth-order valence-electron chi connectivity index (χ4n) is 3.32. The minimum Gasteiger partial charge on any atom is -0.497 e. The fraction of sp³-hybridized carbons (Fsp3) is 0.154. The largest absolute Gasteiger partial charge is 0.497 e. The number of hydrogen-bond donors (Lipinski definition) is 1. The summed E-state index contributed by atoms with van der Waals surface area (Å²) in [5, 5.41) is 6.98. The van der Waals surface area contributed by atoms with Gasteiger partial charge in [0, 0.05) is 18.1 Å². The maximum absolute atomic E-state index is 12.2. The van der Waals surface area contributed by atoms with Crippen molar-refractivity contribution in [3.63, 3.8) is 0 Å². The monoisotopic (exact) mass is 412 g/mol. The molecule has 1 aromatic heterocycles. The highest BCUT2D eigenvalue weighted by atomic mass is 16.5. The molecule has 4 aromatic rings. The first-order chi connectivity index (χ1) is 15.2. The van der Waals surface area contributed by atoms with E-state index in [0.717, 1.165) is 22.4 Å². The van der Waals surface area contributed by atoms with E-state index >= 15 is 0 Å². The Labute approximate surface area is 181 Å². The molecule has 0 fully saturated rings. The van der Waals surface area contributed by atoms with Crippen molar-refractivity contribution < 1.29 is 14.1 Å². The van der Waals surface area contributed by atoms with Crippen molar-refractivity contribution in [2.45, 2.75) is 19.4 Å². The molecule has 0 saturated carbocycles. The predicted molar refractivity (Wildman–Crippen MR) is 121 cm³/mol. The maximum Gasteiger partial charge on any atom is 0.220 e. The minimum absolute atomic E-state index is 0.0208. The van der Waals surface area contributed by atoms with Crippen LogP contribution in [0.5, 0.6) is 5.75 Å². The molecule has 1 amide bonds. The number of rotatable bonds is 8. The Morgan fingerprint density at radius 3 is 2.29 bits per heavy atom. The second-order valence-electron chi connectivity index (χ2n) is 7.25. The van der Waals surface area contributed by atoms with Crippen molar-refractivity contribution in [1.29, 1.82) is 0 Å². The summed E-state index contributed by atoms with van der Waals surface area (Å²) >= 11 is 0. The molecular formula is C26H24N2O3. The van der Waals surface area contributed by atoms with Gasteiger partial charge in [-0.1, -0.05) is 71.9 Å². The Kier molecular flexibility index (Phi) is 6.43. The van der Waals surface area contributed by atoms with Crippen LogP contribution in [0.1, 0.15) is 17.7 Å². The smallest absolute Gasteiger partial charge is 0.220 e. The van der Waals surface area contributed by atoms with Crippen molar-refractivity contribution >= 4 is 5.91 Å². The molecule has 0 aliphatic heterocycles. The van der Waals surface area contributed by atoms with E-state index < -0.39 is 0 Å². The fourth-order valence-corrected chi connectivity index (χ4v) is 3.32. The van der Waals surface area contributed by atoms with Crippen molar-refractivity contribution in [3.05, 3.63) is 96.2 Å². The number of carbonyl (C=O) groups is 1. The molecule has 1 heterocycles. The van der Waals surface area contributed by atoms with E-state index in [1.54, 1.807) is 7.11 Å². The molecule has 0 saturated heterocycles. The zero-order valence-corrected chi connectivity index (χ0v) is 17.4. The number of carbonyl (C=O) groups excluding carboxylic acids is 1. The topological polar surface area (TPSA) is 64.4 Å². The SMILES string of the molecule is COc1ccc(CCC(=O)NCc2cc(-c3ccc(-c4ccccc4)cc3)on2)cc1. The molecule has 0 spiro atoms. The van der Waals surface area contributed by atoms with Gasteiger partial charge in [0.1, 0.15) is 11.4 Å². The lowest BCUT2D eigenvalue weighted by Gasteiger charge is -2.04. The van der Waals surface area contributed by atoms with Crippen molar-refractivity contribution in [1.82, 2.24) is 10.5 Å². The molecule has 156 valence electrons. The number of amides is 1. The standard InChI is InChI=1S/C26H24N2O3/c1-30-24-14-7-19(8-15-24)9-16-26(29)27-18-23-17-25(31-28-23)22-12-10-21(11-13-22)20-5-3-2-4-6-20/h2-8,10-15,17H,9,16,18H2,1H3,(H,27,29). The predicted octanol–water partition coefficient (Wildman–Crippen LogP) is 5.27. The number of aromatic nitrogens is 1. The van der Waals surface area contributed by atoms with Gasteiger partial charge in [-0.15, -0.1) is 0 Å². The van der Waals surface area contributed by atoms with E-state index in [4.69, 9.17) is 9.26 Å². The van der Waals surface area contributed by atoms with E-state index in [1.807, 2.05) is 60.7 Å². The molecule has 0 bridgehead atoms. The molecule has 0 aliphatic rings. The van der Waals surface area contributed by atoms with Gasteiger partial charge in [-0.3, -0.25) is 4.79 Å². The minimum atomic E-state index is -0.0208. The molecule has 0 radical (unpaired) electrons. The highest BCUT2D eigenvalue weighted by Crippen LogP contribution is 2.25. The first-order valence-electron chi connectivity index (χ1n) is 10.2. The van der Waals surface area contributed by atoms with Crippen LogP contribution in [0.4, 0.5) is 0 Å². The molecule has 5 heteroatoms. The Bertz CT molecular complexity index is 1120. The molecule has 3 aromatic carbocycles. The van der Waals surface area contributed by atoms with Gasteiger partial charge in [-0.25, -0.2) is 0 Å². The molecular weight excluding hydrogens is 388 g/mol. The molecule has 1 N–H and O–H groups in total. The van der Waals surface area contributed by atoms with Crippen molar-refractivity contribution in [3.8, 4) is 28.2 Å². The normalized spacial score (nSPS) is 10.6. The van der Waals surface area contributed by atoms with Crippen LogP contribution in [-0.2, 0) is 17.8 Å². The Morgan fingerprint density at radius 2 is 1.58 bits per heavy atom. The zero-order valence-electron chi connectivity index (χ0n) is 17.4. The lowest BCUT2D eigenvalue weighted by molar-refractivity contribution is -0.121. The van der Waals surface area contributed by atoms with Crippen LogP contribution < -0.4 is 10.1 Å². The van der Waals surface area contributed by atoms with E-state index in [-0.39, 0.29) is 5.91 Å². The summed E-state index contributed by atoms with van der Waals surface area (Å²) in [5.74, 6) is 1.47. The summed E-state index contributed by atoms with van der Waals surface area (Å²) < 4.78 is 10.6.